The van der Waals surface area contributed by atoms with Gasteiger partial charge >= 0.3 is 0 Å². The topological polar surface area (TPSA) is 20.3 Å². The van der Waals surface area contributed by atoms with Crippen molar-refractivity contribution in [2.24, 2.45) is 0 Å². The first-order valence-corrected chi connectivity index (χ1v) is 10.4. The standard InChI is InChI=1S/C21H27Cl2NO/c22-17-13-11-16(20(23)15-17)12-14-21(25)24(18-7-3-1-4-8-18)19-9-5-2-6-10-19/h11-15,18-19H,1-10H2. The van der Waals surface area contributed by atoms with Gasteiger partial charge in [0.1, 0.15) is 0 Å². The van der Waals surface area contributed by atoms with Gasteiger partial charge in [0.2, 0.25) is 5.91 Å². The third-order valence-corrected chi connectivity index (χ3v) is 6.12. The molecule has 0 aromatic heterocycles. The van der Waals surface area contributed by atoms with Crippen LogP contribution < -0.4 is 0 Å². The molecular formula is C21H27Cl2NO. The van der Waals surface area contributed by atoms with Crippen molar-refractivity contribution in [3.8, 4) is 0 Å². The van der Waals surface area contributed by atoms with Gasteiger partial charge in [0.15, 0.2) is 0 Å². The normalized spacial score (nSPS) is 20.1. The van der Waals surface area contributed by atoms with E-state index in [4.69, 9.17) is 23.2 Å². The Labute approximate surface area is 161 Å². The summed E-state index contributed by atoms with van der Waals surface area (Å²) in [4.78, 5) is 15.3. The van der Waals surface area contributed by atoms with Crippen molar-refractivity contribution in [2.75, 3.05) is 0 Å². The highest BCUT2D eigenvalue weighted by Crippen LogP contribution is 2.31. The molecule has 1 aromatic rings. The van der Waals surface area contributed by atoms with Crippen molar-refractivity contribution >= 4 is 35.2 Å². The number of nitrogens with zero attached hydrogens (tertiary/aromatic N) is 1. The number of hydrogen-bond donors (Lipinski definition) is 0. The number of halogens is 2. The lowest BCUT2D eigenvalue weighted by Crippen LogP contribution is -2.48. The molecule has 0 radical (unpaired) electrons. The first-order chi connectivity index (χ1) is 12.1. The zero-order valence-electron chi connectivity index (χ0n) is 14.7. The first-order valence-electron chi connectivity index (χ1n) is 9.60. The zero-order valence-corrected chi connectivity index (χ0v) is 16.2. The molecule has 2 nitrogen and oxygen atoms in total. The van der Waals surface area contributed by atoms with Crippen molar-refractivity contribution in [2.45, 2.75) is 76.3 Å². The number of rotatable bonds is 4. The van der Waals surface area contributed by atoms with Gasteiger partial charge < -0.3 is 4.90 Å². The lowest BCUT2D eigenvalue weighted by atomic mass is 9.88. The van der Waals surface area contributed by atoms with Crippen LogP contribution in [0.15, 0.2) is 24.3 Å². The second kappa shape index (κ2) is 9.09. The molecule has 2 saturated carbocycles. The molecule has 2 aliphatic carbocycles. The Hall–Kier alpha value is -0.990. The fourth-order valence-corrected chi connectivity index (χ4v) is 4.73. The van der Waals surface area contributed by atoms with E-state index in [0.29, 0.717) is 22.1 Å². The van der Waals surface area contributed by atoms with Crippen LogP contribution in [0.25, 0.3) is 6.08 Å². The van der Waals surface area contributed by atoms with Crippen LogP contribution in [0.2, 0.25) is 10.0 Å². The Balaban J connectivity index is 1.76. The molecule has 2 aliphatic rings. The largest absolute Gasteiger partial charge is 0.333 e. The van der Waals surface area contributed by atoms with Gasteiger partial charge in [-0.2, -0.15) is 0 Å². The summed E-state index contributed by atoms with van der Waals surface area (Å²) < 4.78 is 0. The molecule has 0 atom stereocenters. The average Bonchev–Trinajstić information content (AvgIpc) is 2.63. The van der Waals surface area contributed by atoms with E-state index in [2.05, 4.69) is 4.90 Å². The van der Waals surface area contributed by atoms with Gasteiger partial charge in [-0.05, 0) is 49.5 Å². The van der Waals surface area contributed by atoms with E-state index >= 15 is 0 Å². The second-order valence-corrected chi connectivity index (χ2v) is 8.17. The SMILES string of the molecule is O=C(C=Cc1ccc(Cl)cc1Cl)N(C1CCCCC1)C1CCCCC1. The van der Waals surface area contributed by atoms with Crippen molar-refractivity contribution in [1.82, 2.24) is 4.90 Å². The summed E-state index contributed by atoms with van der Waals surface area (Å²) >= 11 is 12.2. The van der Waals surface area contributed by atoms with E-state index in [1.807, 2.05) is 12.1 Å². The highest BCUT2D eigenvalue weighted by molar-refractivity contribution is 6.35. The van der Waals surface area contributed by atoms with Crippen LogP contribution >= 0.6 is 23.2 Å². The van der Waals surface area contributed by atoms with E-state index in [9.17, 15) is 4.79 Å². The van der Waals surface area contributed by atoms with Gasteiger partial charge in [0.25, 0.3) is 0 Å². The molecule has 2 fully saturated rings. The Morgan fingerprint density at radius 3 is 2.00 bits per heavy atom. The van der Waals surface area contributed by atoms with E-state index in [0.717, 1.165) is 31.2 Å². The lowest BCUT2D eigenvalue weighted by Gasteiger charge is -2.41. The van der Waals surface area contributed by atoms with Crippen LogP contribution in [0.4, 0.5) is 0 Å². The molecule has 0 heterocycles. The molecule has 0 saturated heterocycles. The van der Waals surface area contributed by atoms with E-state index in [-0.39, 0.29) is 5.91 Å². The summed E-state index contributed by atoms with van der Waals surface area (Å²) in [5.41, 5.74) is 0.839. The molecule has 1 amide bonds. The Morgan fingerprint density at radius 1 is 0.920 bits per heavy atom. The van der Waals surface area contributed by atoms with Crippen LogP contribution in [-0.4, -0.2) is 22.9 Å². The Bertz CT molecular complexity index is 598. The molecule has 0 unspecified atom stereocenters. The minimum Gasteiger partial charge on any atom is -0.333 e. The summed E-state index contributed by atoms with van der Waals surface area (Å²) in [6.45, 7) is 0. The van der Waals surface area contributed by atoms with Crippen molar-refractivity contribution in [3.63, 3.8) is 0 Å². The van der Waals surface area contributed by atoms with Crippen LogP contribution in [0.1, 0.15) is 69.8 Å². The maximum atomic E-state index is 13.1. The third kappa shape index (κ3) is 5.01. The molecule has 3 rings (SSSR count). The summed E-state index contributed by atoms with van der Waals surface area (Å²) in [6, 6.07) is 6.20. The molecule has 136 valence electrons. The predicted molar refractivity (Wildman–Crippen MR) is 106 cm³/mol. The second-order valence-electron chi connectivity index (χ2n) is 7.33. The highest BCUT2D eigenvalue weighted by atomic mass is 35.5. The quantitative estimate of drug-likeness (QED) is 0.546. The maximum absolute atomic E-state index is 13.1. The van der Waals surface area contributed by atoms with Gasteiger partial charge in [-0.3, -0.25) is 4.79 Å². The molecule has 4 heteroatoms. The number of carbonyl (C=O) groups is 1. The fraction of sp³-hybridized carbons (Fsp3) is 0.571. The molecule has 0 bridgehead atoms. The minimum absolute atomic E-state index is 0.143. The highest BCUT2D eigenvalue weighted by Gasteiger charge is 2.31. The van der Waals surface area contributed by atoms with Gasteiger partial charge in [0.05, 0.1) is 0 Å². The van der Waals surface area contributed by atoms with Crippen LogP contribution in [0.5, 0.6) is 0 Å². The number of carbonyl (C=O) groups excluding carboxylic acids is 1. The summed E-state index contributed by atoms with van der Waals surface area (Å²) in [6.07, 6.45) is 15.7. The molecule has 25 heavy (non-hydrogen) atoms. The Kier molecular flexibility index (Phi) is 6.84. The average molecular weight is 380 g/mol. The van der Waals surface area contributed by atoms with Gasteiger partial charge in [-0.25, -0.2) is 0 Å². The van der Waals surface area contributed by atoms with Crippen LogP contribution in [0, 0.1) is 0 Å². The van der Waals surface area contributed by atoms with E-state index in [1.54, 1.807) is 18.2 Å². The van der Waals surface area contributed by atoms with Gasteiger partial charge in [0, 0.05) is 28.2 Å². The van der Waals surface area contributed by atoms with Gasteiger partial charge in [-0.15, -0.1) is 0 Å². The minimum atomic E-state index is 0.143. The third-order valence-electron chi connectivity index (χ3n) is 5.56. The van der Waals surface area contributed by atoms with Crippen molar-refractivity contribution in [3.05, 3.63) is 39.9 Å². The number of benzene rings is 1. The molecule has 0 N–H and O–H groups in total. The molecule has 0 aliphatic heterocycles. The fourth-order valence-electron chi connectivity index (χ4n) is 4.26. The van der Waals surface area contributed by atoms with Crippen molar-refractivity contribution < 1.29 is 4.79 Å². The molecular weight excluding hydrogens is 353 g/mol. The van der Waals surface area contributed by atoms with Crippen LogP contribution in [0.3, 0.4) is 0 Å². The smallest absolute Gasteiger partial charge is 0.247 e. The Morgan fingerprint density at radius 2 is 1.48 bits per heavy atom. The predicted octanol–water partition coefficient (Wildman–Crippen LogP) is 6.50. The maximum Gasteiger partial charge on any atom is 0.247 e. The lowest BCUT2D eigenvalue weighted by molar-refractivity contribution is -0.132. The summed E-state index contributed by atoms with van der Waals surface area (Å²) in [7, 11) is 0. The number of hydrogen-bond acceptors (Lipinski definition) is 1. The van der Waals surface area contributed by atoms with Crippen LogP contribution in [-0.2, 0) is 4.79 Å². The summed E-state index contributed by atoms with van der Waals surface area (Å²) in [5, 5.41) is 1.19. The molecule has 1 aromatic carbocycles. The molecule has 0 spiro atoms. The number of amides is 1. The zero-order chi connectivity index (χ0) is 17.6. The van der Waals surface area contributed by atoms with Crippen molar-refractivity contribution in [1.29, 1.82) is 0 Å². The first kappa shape index (κ1) is 18.8. The van der Waals surface area contributed by atoms with E-state index in [1.165, 1.54) is 38.5 Å². The van der Waals surface area contributed by atoms with Gasteiger partial charge in [-0.1, -0.05) is 67.8 Å². The monoisotopic (exact) mass is 379 g/mol. The summed E-state index contributed by atoms with van der Waals surface area (Å²) in [5.74, 6) is 0.143. The van der Waals surface area contributed by atoms with E-state index < -0.39 is 0 Å².